The highest BCUT2D eigenvalue weighted by Gasteiger charge is 2.30. The van der Waals surface area contributed by atoms with Gasteiger partial charge in [-0.25, -0.2) is 21.9 Å². The van der Waals surface area contributed by atoms with Crippen molar-refractivity contribution in [3.8, 4) is 5.75 Å². The van der Waals surface area contributed by atoms with Crippen LogP contribution < -0.4 is 9.46 Å². The van der Waals surface area contributed by atoms with Crippen LogP contribution >= 0.6 is 0 Å². The van der Waals surface area contributed by atoms with E-state index in [1.807, 2.05) is 0 Å². The van der Waals surface area contributed by atoms with Crippen molar-refractivity contribution in [2.75, 3.05) is 7.11 Å². The van der Waals surface area contributed by atoms with Gasteiger partial charge in [-0.05, 0) is 25.0 Å². The summed E-state index contributed by atoms with van der Waals surface area (Å²) in [5, 5.41) is 7.61. The number of carbonyl (C=O) groups excluding carboxylic acids is 1. The minimum absolute atomic E-state index is 0.219. The van der Waals surface area contributed by atoms with Crippen LogP contribution in [-0.4, -0.2) is 31.6 Å². The van der Waals surface area contributed by atoms with Gasteiger partial charge in [-0.1, -0.05) is 0 Å². The molecule has 0 saturated heterocycles. The summed E-state index contributed by atoms with van der Waals surface area (Å²) < 4.78 is 57.6. The molecule has 132 valence electrons. The first-order chi connectivity index (χ1) is 11.8. The second-order valence-corrected chi connectivity index (χ2v) is 7.12. The Labute approximate surface area is 142 Å². The van der Waals surface area contributed by atoms with Crippen LogP contribution in [-0.2, 0) is 10.0 Å². The first-order valence-electron chi connectivity index (χ1n) is 7.25. The Kier molecular flexibility index (Phi) is 4.38. The third kappa shape index (κ3) is 3.58. The molecular formula is C15H13F2N3O4S. The molecule has 3 rings (SSSR count). The largest absolute Gasteiger partial charge is 0.495 e. The van der Waals surface area contributed by atoms with Crippen LogP contribution in [0.1, 0.15) is 34.9 Å². The van der Waals surface area contributed by atoms with E-state index in [9.17, 15) is 22.0 Å². The molecule has 0 atom stereocenters. The molecule has 1 aliphatic rings. The number of nitrogens with one attached hydrogen (secondary N) is 1. The van der Waals surface area contributed by atoms with Crippen molar-refractivity contribution in [2.45, 2.75) is 23.7 Å². The predicted octanol–water partition coefficient (Wildman–Crippen LogP) is 1.76. The van der Waals surface area contributed by atoms with Gasteiger partial charge in [0.15, 0.2) is 5.69 Å². The van der Waals surface area contributed by atoms with Gasteiger partial charge >= 0.3 is 0 Å². The van der Waals surface area contributed by atoms with Crippen LogP contribution in [0, 0.1) is 11.6 Å². The van der Waals surface area contributed by atoms with Crippen LogP contribution in [0.3, 0.4) is 0 Å². The van der Waals surface area contributed by atoms with Crippen molar-refractivity contribution < 1.29 is 26.7 Å². The topological polar surface area (TPSA) is 98.2 Å². The number of methoxy groups -OCH3 is 1. The number of halogens is 2. The fourth-order valence-electron chi connectivity index (χ4n) is 2.22. The van der Waals surface area contributed by atoms with Gasteiger partial charge in [-0.2, -0.15) is 5.10 Å². The zero-order valence-electron chi connectivity index (χ0n) is 13.0. The van der Waals surface area contributed by atoms with Gasteiger partial charge in [0.05, 0.1) is 7.11 Å². The van der Waals surface area contributed by atoms with Gasteiger partial charge in [0.1, 0.15) is 28.0 Å². The van der Waals surface area contributed by atoms with Gasteiger partial charge < -0.3 is 4.74 Å². The number of carbonyl (C=O) groups is 1. The Morgan fingerprint density at radius 3 is 2.56 bits per heavy atom. The van der Waals surface area contributed by atoms with Crippen molar-refractivity contribution in [1.82, 2.24) is 14.9 Å². The van der Waals surface area contributed by atoms with E-state index in [1.54, 1.807) is 4.72 Å². The zero-order valence-corrected chi connectivity index (χ0v) is 13.8. The first kappa shape index (κ1) is 17.2. The van der Waals surface area contributed by atoms with E-state index in [2.05, 4.69) is 10.2 Å². The van der Waals surface area contributed by atoms with E-state index >= 15 is 0 Å². The molecule has 0 bridgehead atoms. The Balaban J connectivity index is 1.86. The number of rotatable bonds is 5. The highest BCUT2D eigenvalue weighted by molar-refractivity contribution is 7.90. The third-order valence-corrected chi connectivity index (χ3v) is 4.98. The SMILES string of the molecule is COc1cc(C(=O)NS(=O)(=O)c2ccc(F)cc2F)nnc1C1CC1. The lowest BCUT2D eigenvalue weighted by Crippen LogP contribution is -2.32. The van der Waals surface area contributed by atoms with Gasteiger partial charge in [0.25, 0.3) is 15.9 Å². The molecule has 2 aromatic rings. The molecule has 7 nitrogen and oxygen atoms in total. The van der Waals surface area contributed by atoms with E-state index in [0.29, 0.717) is 17.5 Å². The summed E-state index contributed by atoms with van der Waals surface area (Å²) >= 11 is 0. The molecule has 1 fully saturated rings. The van der Waals surface area contributed by atoms with Crippen LogP contribution in [0.5, 0.6) is 5.75 Å². The molecule has 0 spiro atoms. The predicted molar refractivity (Wildman–Crippen MR) is 81.6 cm³/mol. The molecule has 1 aromatic heterocycles. The highest BCUT2D eigenvalue weighted by Crippen LogP contribution is 2.42. The molecule has 0 radical (unpaired) electrons. The van der Waals surface area contributed by atoms with Crippen molar-refractivity contribution in [2.24, 2.45) is 0 Å². The molecule has 1 aromatic carbocycles. The average molecular weight is 369 g/mol. The van der Waals surface area contributed by atoms with E-state index in [-0.39, 0.29) is 11.6 Å². The van der Waals surface area contributed by atoms with Crippen LogP contribution in [0.15, 0.2) is 29.2 Å². The van der Waals surface area contributed by atoms with Gasteiger partial charge in [-0.15, -0.1) is 5.10 Å². The second kappa shape index (κ2) is 6.36. The standard InChI is InChI=1S/C15H13F2N3O4S/c1-24-12-7-11(18-19-14(12)8-2-3-8)15(21)20-25(22,23)13-5-4-9(16)6-10(13)17/h4-8H,2-3H2,1H3,(H,20,21). The van der Waals surface area contributed by atoms with Crippen LogP contribution in [0.2, 0.25) is 0 Å². The first-order valence-corrected chi connectivity index (χ1v) is 8.74. The summed E-state index contributed by atoms with van der Waals surface area (Å²) in [6.07, 6.45) is 1.88. The summed E-state index contributed by atoms with van der Waals surface area (Å²) in [6.45, 7) is 0. The number of aromatic nitrogens is 2. The number of sulfonamides is 1. The molecule has 25 heavy (non-hydrogen) atoms. The third-order valence-electron chi connectivity index (χ3n) is 3.61. The fraction of sp³-hybridized carbons (Fsp3) is 0.267. The number of hydrogen-bond donors (Lipinski definition) is 1. The van der Waals surface area contributed by atoms with Crippen LogP contribution in [0.25, 0.3) is 0 Å². The summed E-state index contributed by atoms with van der Waals surface area (Å²) in [5.41, 5.74) is 0.304. The summed E-state index contributed by atoms with van der Waals surface area (Å²) in [4.78, 5) is 11.3. The van der Waals surface area contributed by atoms with Crippen LogP contribution in [0.4, 0.5) is 8.78 Å². The smallest absolute Gasteiger partial charge is 0.285 e. The van der Waals surface area contributed by atoms with Gasteiger partial charge in [-0.3, -0.25) is 4.79 Å². The zero-order chi connectivity index (χ0) is 18.2. The van der Waals surface area contributed by atoms with Crippen molar-refractivity contribution in [3.05, 3.63) is 47.3 Å². The monoisotopic (exact) mass is 369 g/mol. The van der Waals surface area contributed by atoms with E-state index in [0.717, 1.165) is 25.0 Å². The Morgan fingerprint density at radius 2 is 1.96 bits per heavy atom. The molecule has 0 unspecified atom stereocenters. The lowest BCUT2D eigenvalue weighted by molar-refractivity contribution is 0.0975. The lowest BCUT2D eigenvalue weighted by atomic mass is 10.2. The molecule has 0 aliphatic heterocycles. The molecule has 1 N–H and O–H groups in total. The summed E-state index contributed by atoms with van der Waals surface area (Å²) in [6, 6.07) is 3.18. The van der Waals surface area contributed by atoms with E-state index in [1.165, 1.54) is 13.2 Å². The normalized spacial score (nSPS) is 14.2. The van der Waals surface area contributed by atoms with Crippen molar-refractivity contribution >= 4 is 15.9 Å². The van der Waals surface area contributed by atoms with E-state index < -0.39 is 32.5 Å². The maximum atomic E-state index is 13.6. The maximum Gasteiger partial charge on any atom is 0.285 e. The summed E-state index contributed by atoms with van der Waals surface area (Å²) in [5.74, 6) is -2.80. The molecule has 1 amide bonds. The minimum Gasteiger partial charge on any atom is -0.495 e. The molecule has 1 heterocycles. The maximum absolute atomic E-state index is 13.6. The molecule has 1 saturated carbocycles. The number of ether oxygens (including phenoxy) is 1. The van der Waals surface area contributed by atoms with Crippen molar-refractivity contribution in [3.63, 3.8) is 0 Å². The number of benzene rings is 1. The highest BCUT2D eigenvalue weighted by atomic mass is 32.2. The molecular weight excluding hydrogens is 356 g/mol. The number of hydrogen-bond acceptors (Lipinski definition) is 6. The Hall–Kier alpha value is -2.62. The fourth-order valence-corrected chi connectivity index (χ4v) is 3.24. The molecule has 10 heteroatoms. The number of nitrogens with zero attached hydrogens (tertiary/aromatic N) is 2. The van der Waals surface area contributed by atoms with Gasteiger partial charge in [0.2, 0.25) is 0 Å². The van der Waals surface area contributed by atoms with Crippen molar-refractivity contribution in [1.29, 1.82) is 0 Å². The summed E-state index contributed by atoms with van der Waals surface area (Å²) in [7, 11) is -3.14. The number of amides is 1. The molecule has 1 aliphatic carbocycles. The Morgan fingerprint density at radius 1 is 1.24 bits per heavy atom. The Bertz CT molecular complexity index is 946. The van der Waals surface area contributed by atoms with Gasteiger partial charge in [0, 0.05) is 18.1 Å². The quantitative estimate of drug-likeness (QED) is 0.862. The second-order valence-electron chi connectivity index (χ2n) is 5.47. The lowest BCUT2D eigenvalue weighted by Gasteiger charge is -2.09. The van der Waals surface area contributed by atoms with E-state index in [4.69, 9.17) is 4.74 Å². The average Bonchev–Trinajstić information content (AvgIpc) is 3.38. The minimum atomic E-state index is -4.54.